The number of aliphatic imine (C=N–C) groups is 1. The van der Waals surface area contributed by atoms with Gasteiger partial charge in [0.05, 0.1) is 0 Å². The van der Waals surface area contributed by atoms with E-state index < -0.39 is 0 Å². The summed E-state index contributed by atoms with van der Waals surface area (Å²) in [4.78, 5) is 6.18. The highest BCUT2D eigenvalue weighted by Crippen LogP contribution is 2.28. The Kier molecular flexibility index (Phi) is 7.55. The Labute approximate surface area is 149 Å². The van der Waals surface area contributed by atoms with Crippen molar-refractivity contribution in [2.24, 2.45) is 10.9 Å². The van der Waals surface area contributed by atoms with Crippen LogP contribution >= 0.6 is 24.0 Å². The van der Waals surface area contributed by atoms with Crippen LogP contribution in [-0.2, 0) is 13.1 Å². The number of hydrogen-bond donors (Lipinski definition) is 2. The zero-order valence-corrected chi connectivity index (χ0v) is 16.0. The van der Waals surface area contributed by atoms with Crippen molar-refractivity contribution in [3.05, 3.63) is 35.1 Å². The number of nitrogens with one attached hydrogen (secondary N) is 2. The van der Waals surface area contributed by atoms with Gasteiger partial charge in [0.15, 0.2) is 5.96 Å². The summed E-state index contributed by atoms with van der Waals surface area (Å²) in [5.74, 6) is 1.38. The maximum atomic E-state index is 13.7. The number of rotatable bonds is 5. The molecule has 2 unspecified atom stereocenters. The molecule has 1 aliphatic rings. The van der Waals surface area contributed by atoms with Gasteiger partial charge in [-0.15, -0.1) is 24.0 Å². The van der Waals surface area contributed by atoms with Crippen LogP contribution in [0.3, 0.4) is 0 Å². The van der Waals surface area contributed by atoms with Gasteiger partial charge < -0.3 is 15.5 Å². The zero-order valence-electron chi connectivity index (χ0n) is 13.7. The lowest BCUT2D eigenvalue weighted by Crippen LogP contribution is -2.38. The lowest BCUT2D eigenvalue weighted by atomic mass is 10.1. The average Bonchev–Trinajstić information content (AvgIpc) is 3.12. The molecule has 2 N–H and O–H groups in total. The highest BCUT2D eigenvalue weighted by Gasteiger charge is 2.33. The second kappa shape index (κ2) is 8.67. The summed E-state index contributed by atoms with van der Waals surface area (Å²) in [5.41, 5.74) is 1.78. The van der Waals surface area contributed by atoms with Crippen molar-refractivity contribution in [1.82, 2.24) is 15.5 Å². The molecule has 0 radical (unpaired) electrons. The van der Waals surface area contributed by atoms with Crippen LogP contribution in [0.4, 0.5) is 4.39 Å². The van der Waals surface area contributed by atoms with Crippen LogP contribution in [0.5, 0.6) is 0 Å². The highest BCUT2D eigenvalue weighted by molar-refractivity contribution is 14.0. The molecule has 4 nitrogen and oxygen atoms in total. The second-order valence-electron chi connectivity index (χ2n) is 6.05. The normalized spacial score (nSPS) is 20.5. The SMILES string of the molecule is CN=C(NCc1ccc(F)c(CN(C)C)c1)NC1CC1C.I. The summed E-state index contributed by atoms with van der Waals surface area (Å²) in [6.07, 6.45) is 1.20. The quantitative estimate of drug-likeness (QED) is 0.437. The number of benzene rings is 1. The summed E-state index contributed by atoms with van der Waals surface area (Å²) in [7, 11) is 5.64. The Morgan fingerprint density at radius 1 is 1.41 bits per heavy atom. The van der Waals surface area contributed by atoms with E-state index in [2.05, 4.69) is 22.5 Å². The molecule has 1 aromatic rings. The molecule has 0 heterocycles. The van der Waals surface area contributed by atoms with Crippen molar-refractivity contribution in [3.8, 4) is 0 Å². The smallest absolute Gasteiger partial charge is 0.191 e. The van der Waals surface area contributed by atoms with Gasteiger partial charge in [0.2, 0.25) is 0 Å². The minimum Gasteiger partial charge on any atom is -0.353 e. The Morgan fingerprint density at radius 3 is 2.64 bits per heavy atom. The van der Waals surface area contributed by atoms with E-state index in [4.69, 9.17) is 0 Å². The molecule has 0 aromatic heterocycles. The molecule has 0 aliphatic heterocycles. The van der Waals surface area contributed by atoms with Gasteiger partial charge in [-0.1, -0.05) is 13.0 Å². The number of nitrogens with zero attached hydrogens (tertiary/aromatic N) is 2. The van der Waals surface area contributed by atoms with Crippen molar-refractivity contribution in [1.29, 1.82) is 0 Å². The molecular weight excluding hydrogens is 394 g/mol. The van der Waals surface area contributed by atoms with Crippen LogP contribution in [0.1, 0.15) is 24.5 Å². The summed E-state index contributed by atoms with van der Waals surface area (Å²) in [6.45, 7) is 3.46. The van der Waals surface area contributed by atoms with Crippen LogP contribution in [0.2, 0.25) is 0 Å². The fourth-order valence-corrected chi connectivity index (χ4v) is 2.28. The van der Waals surface area contributed by atoms with Crippen molar-refractivity contribution in [2.75, 3.05) is 21.1 Å². The Bertz CT molecular complexity index is 519. The van der Waals surface area contributed by atoms with E-state index in [0.29, 0.717) is 19.1 Å². The molecule has 0 bridgehead atoms. The molecule has 0 saturated heterocycles. The van der Waals surface area contributed by atoms with E-state index in [1.54, 1.807) is 7.05 Å². The number of guanidine groups is 1. The summed E-state index contributed by atoms with van der Waals surface area (Å²) < 4.78 is 13.7. The van der Waals surface area contributed by atoms with E-state index in [9.17, 15) is 4.39 Å². The monoisotopic (exact) mass is 420 g/mol. The molecule has 1 aliphatic carbocycles. The van der Waals surface area contributed by atoms with Crippen molar-refractivity contribution < 1.29 is 4.39 Å². The van der Waals surface area contributed by atoms with Crippen LogP contribution in [-0.4, -0.2) is 38.0 Å². The standard InChI is InChI=1S/C16H25FN4.HI/c1-11-7-15(11)20-16(18-2)19-9-12-5-6-14(17)13(8-12)10-21(3)4;/h5-6,8,11,15H,7,9-10H2,1-4H3,(H2,18,19,20);1H. The predicted octanol–water partition coefficient (Wildman–Crippen LogP) is 2.58. The van der Waals surface area contributed by atoms with E-state index in [1.165, 1.54) is 12.5 Å². The summed E-state index contributed by atoms with van der Waals surface area (Å²) >= 11 is 0. The third kappa shape index (κ3) is 5.72. The molecule has 0 amide bonds. The summed E-state index contributed by atoms with van der Waals surface area (Å²) in [5, 5.41) is 6.66. The topological polar surface area (TPSA) is 39.7 Å². The lowest BCUT2D eigenvalue weighted by Gasteiger charge is -2.14. The van der Waals surface area contributed by atoms with Gasteiger partial charge in [-0.05, 0) is 44.1 Å². The number of hydrogen-bond acceptors (Lipinski definition) is 2. The zero-order chi connectivity index (χ0) is 15.4. The maximum absolute atomic E-state index is 13.7. The van der Waals surface area contributed by atoms with Crippen LogP contribution in [0.15, 0.2) is 23.2 Å². The first-order valence-electron chi connectivity index (χ1n) is 7.39. The van der Waals surface area contributed by atoms with Gasteiger partial charge in [0.25, 0.3) is 0 Å². The first-order chi connectivity index (χ1) is 9.99. The van der Waals surface area contributed by atoms with Gasteiger partial charge in [0, 0.05) is 31.7 Å². The fourth-order valence-electron chi connectivity index (χ4n) is 2.28. The fraction of sp³-hybridized carbons (Fsp3) is 0.562. The third-order valence-corrected chi connectivity index (χ3v) is 3.71. The first-order valence-corrected chi connectivity index (χ1v) is 7.39. The molecule has 22 heavy (non-hydrogen) atoms. The number of halogens is 2. The molecule has 6 heteroatoms. The van der Waals surface area contributed by atoms with E-state index in [1.807, 2.05) is 31.1 Å². The largest absolute Gasteiger partial charge is 0.353 e. The molecule has 2 atom stereocenters. The highest BCUT2D eigenvalue weighted by atomic mass is 127. The molecule has 1 aromatic carbocycles. The Morgan fingerprint density at radius 2 is 2.09 bits per heavy atom. The Hall–Kier alpha value is -0.890. The van der Waals surface area contributed by atoms with Gasteiger partial charge >= 0.3 is 0 Å². The molecular formula is C16H26FIN4. The van der Waals surface area contributed by atoms with Crippen LogP contribution in [0, 0.1) is 11.7 Å². The van der Waals surface area contributed by atoms with E-state index >= 15 is 0 Å². The van der Waals surface area contributed by atoms with Crippen LogP contribution in [0.25, 0.3) is 0 Å². The third-order valence-electron chi connectivity index (χ3n) is 3.71. The minimum absolute atomic E-state index is 0. The second-order valence-corrected chi connectivity index (χ2v) is 6.05. The van der Waals surface area contributed by atoms with Gasteiger partial charge in [-0.25, -0.2) is 4.39 Å². The van der Waals surface area contributed by atoms with E-state index in [0.717, 1.165) is 23.0 Å². The minimum atomic E-state index is -0.151. The Balaban J connectivity index is 0.00000242. The van der Waals surface area contributed by atoms with Gasteiger partial charge in [0.1, 0.15) is 5.82 Å². The van der Waals surface area contributed by atoms with Crippen molar-refractivity contribution >= 4 is 29.9 Å². The average molecular weight is 420 g/mol. The predicted molar refractivity (Wildman–Crippen MR) is 100 cm³/mol. The molecule has 1 fully saturated rings. The molecule has 1 saturated carbocycles. The van der Waals surface area contributed by atoms with Crippen molar-refractivity contribution in [3.63, 3.8) is 0 Å². The molecule has 0 spiro atoms. The lowest BCUT2D eigenvalue weighted by molar-refractivity contribution is 0.392. The molecule has 124 valence electrons. The van der Waals surface area contributed by atoms with Crippen LogP contribution < -0.4 is 10.6 Å². The van der Waals surface area contributed by atoms with E-state index in [-0.39, 0.29) is 29.8 Å². The van der Waals surface area contributed by atoms with Gasteiger partial charge in [-0.2, -0.15) is 0 Å². The summed E-state index contributed by atoms with van der Waals surface area (Å²) in [6, 6.07) is 5.80. The van der Waals surface area contributed by atoms with Gasteiger partial charge in [-0.3, -0.25) is 4.99 Å². The first kappa shape index (κ1) is 19.2. The molecule has 2 rings (SSSR count). The maximum Gasteiger partial charge on any atom is 0.191 e. The van der Waals surface area contributed by atoms with Crippen molar-refractivity contribution in [2.45, 2.75) is 32.5 Å².